The Labute approximate surface area is 173 Å². The summed E-state index contributed by atoms with van der Waals surface area (Å²) in [5.74, 6) is 1.91. The van der Waals surface area contributed by atoms with Gasteiger partial charge in [-0.3, -0.25) is 10.1 Å². The predicted octanol–water partition coefficient (Wildman–Crippen LogP) is 3.58. The number of amides is 1. The van der Waals surface area contributed by atoms with Crippen molar-refractivity contribution < 1.29 is 23.8 Å². The molecule has 3 aromatic rings. The summed E-state index contributed by atoms with van der Waals surface area (Å²) in [6.07, 6.45) is 0. The van der Waals surface area contributed by atoms with Crippen molar-refractivity contribution in [3.8, 4) is 22.8 Å². The molecule has 0 spiro atoms. The molecule has 0 bridgehead atoms. The third-order valence-corrected chi connectivity index (χ3v) is 4.33. The first kappa shape index (κ1) is 20.4. The van der Waals surface area contributed by atoms with Crippen LogP contribution in [-0.2, 0) is 6.61 Å². The van der Waals surface area contributed by atoms with Crippen LogP contribution in [0, 0.1) is 0 Å². The number of hydrogen-bond acceptors (Lipinski definition) is 6. The number of rotatable bonds is 6. The maximum atomic E-state index is 12.4. The molecule has 0 unspecified atom stereocenters. The van der Waals surface area contributed by atoms with Crippen LogP contribution in [0.25, 0.3) is 11.3 Å². The first-order chi connectivity index (χ1) is 14.0. The zero-order valence-corrected chi connectivity index (χ0v) is 16.7. The molecule has 0 radical (unpaired) electrons. The van der Waals surface area contributed by atoms with Crippen molar-refractivity contribution in [2.75, 3.05) is 19.5 Å². The standard InChI is InChI=1S/C21H20N2O5S/c1-26-15-6-3-13(4-7-15)20(25)23-21(29)22-17-11-14(5-9-19(17)27-2)18-10-8-16(12-24)28-18/h3-11,24H,12H2,1-2H3,(H2,22,23,25,29). The van der Waals surface area contributed by atoms with Gasteiger partial charge in [0.05, 0.1) is 19.9 Å². The molecule has 1 aromatic heterocycles. The molecular weight excluding hydrogens is 392 g/mol. The predicted molar refractivity (Wildman–Crippen MR) is 113 cm³/mol. The van der Waals surface area contributed by atoms with Gasteiger partial charge in [-0.25, -0.2) is 0 Å². The van der Waals surface area contributed by atoms with Crippen LogP contribution in [0.3, 0.4) is 0 Å². The molecule has 0 saturated heterocycles. The fourth-order valence-electron chi connectivity index (χ4n) is 2.65. The summed E-state index contributed by atoms with van der Waals surface area (Å²) in [6, 6.07) is 15.5. The number of aliphatic hydroxyl groups is 1. The molecule has 1 heterocycles. The minimum Gasteiger partial charge on any atom is -0.497 e. The fourth-order valence-corrected chi connectivity index (χ4v) is 2.85. The molecule has 8 heteroatoms. The van der Waals surface area contributed by atoms with E-state index in [1.807, 2.05) is 6.07 Å². The van der Waals surface area contributed by atoms with Crippen LogP contribution in [-0.4, -0.2) is 30.3 Å². The normalized spacial score (nSPS) is 10.3. The molecule has 0 aliphatic heterocycles. The quantitative estimate of drug-likeness (QED) is 0.533. The zero-order chi connectivity index (χ0) is 20.8. The summed E-state index contributed by atoms with van der Waals surface area (Å²) in [4.78, 5) is 12.4. The molecule has 1 amide bonds. The van der Waals surface area contributed by atoms with Crippen LogP contribution in [0.4, 0.5) is 5.69 Å². The van der Waals surface area contributed by atoms with Gasteiger partial charge in [0.15, 0.2) is 5.11 Å². The Hall–Kier alpha value is -3.36. The van der Waals surface area contributed by atoms with Gasteiger partial charge in [0, 0.05) is 11.1 Å². The van der Waals surface area contributed by atoms with Gasteiger partial charge >= 0.3 is 0 Å². The molecule has 29 heavy (non-hydrogen) atoms. The lowest BCUT2D eigenvalue weighted by atomic mass is 10.1. The number of benzene rings is 2. The number of aliphatic hydroxyl groups excluding tert-OH is 1. The number of carbonyl (C=O) groups is 1. The lowest BCUT2D eigenvalue weighted by Gasteiger charge is -2.14. The highest BCUT2D eigenvalue weighted by atomic mass is 32.1. The number of carbonyl (C=O) groups excluding carboxylic acids is 1. The van der Waals surface area contributed by atoms with Gasteiger partial charge in [-0.15, -0.1) is 0 Å². The molecule has 150 valence electrons. The second-order valence-electron chi connectivity index (χ2n) is 5.98. The number of ether oxygens (including phenoxy) is 2. The second kappa shape index (κ2) is 9.22. The van der Waals surface area contributed by atoms with E-state index in [9.17, 15) is 9.90 Å². The molecule has 3 rings (SSSR count). The lowest BCUT2D eigenvalue weighted by molar-refractivity contribution is 0.0977. The Morgan fingerprint density at radius 2 is 1.83 bits per heavy atom. The highest BCUT2D eigenvalue weighted by Crippen LogP contribution is 2.31. The maximum absolute atomic E-state index is 12.4. The van der Waals surface area contributed by atoms with Crippen LogP contribution < -0.4 is 20.1 Å². The maximum Gasteiger partial charge on any atom is 0.257 e. The average molecular weight is 412 g/mol. The number of nitrogens with one attached hydrogen (secondary N) is 2. The minimum absolute atomic E-state index is 0.122. The van der Waals surface area contributed by atoms with E-state index in [1.54, 1.807) is 55.6 Å². The van der Waals surface area contributed by atoms with E-state index in [-0.39, 0.29) is 17.6 Å². The van der Waals surface area contributed by atoms with Crippen molar-refractivity contribution in [1.29, 1.82) is 0 Å². The monoisotopic (exact) mass is 412 g/mol. The summed E-state index contributed by atoms with van der Waals surface area (Å²) >= 11 is 5.27. The zero-order valence-electron chi connectivity index (χ0n) is 15.9. The van der Waals surface area contributed by atoms with Crippen LogP contribution in [0.15, 0.2) is 59.0 Å². The van der Waals surface area contributed by atoms with Crippen molar-refractivity contribution in [3.63, 3.8) is 0 Å². The van der Waals surface area contributed by atoms with E-state index in [2.05, 4.69) is 10.6 Å². The van der Waals surface area contributed by atoms with Crippen LogP contribution in [0.5, 0.6) is 11.5 Å². The first-order valence-corrected chi connectivity index (χ1v) is 9.09. The fraction of sp³-hybridized carbons (Fsp3) is 0.143. The Morgan fingerprint density at radius 3 is 2.45 bits per heavy atom. The van der Waals surface area contributed by atoms with Crippen LogP contribution >= 0.6 is 12.2 Å². The summed E-state index contributed by atoms with van der Waals surface area (Å²) in [5.41, 5.74) is 1.77. The van der Waals surface area contributed by atoms with E-state index in [0.29, 0.717) is 34.3 Å². The summed E-state index contributed by atoms with van der Waals surface area (Å²) in [5, 5.41) is 14.9. The number of anilines is 1. The summed E-state index contributed by atoms with van der Waals surface area (Å²) in [6.45, 7) is -0.178. The van der Waals surface area contributed by atoms with Gasteiger partial charge in [0.25, 0.3) is 5.91 Å². The highest BCUT2D eigenvalue weighted by molar-refractivity contribution is 7.80. The topological polar surface area (TPSA) is 93.0 Å². The van der Waals surface area contributed by atoms with Gasteiger partial charge in [-0.2, -0.15) is 0 Å². The summed E-state index contributed by atoms with van der Waals surface area (Å²) in [7, 11) is 3.10. The minimum atomic E-state index is -0.348. The van der Waals surface area contributed by atoms with Crippen molar-refractivity contribution in [3.05, 3.63) is 65.9 Å². The van der Waals surface area contributed by atoms with Gasteiger partial charge in [0.1, 0.15) is 29.6 Å². The van der Waals surface area contributed by atoms with E-state index < -0.39 is 0 Å². The highest BCUT2D eigenvalue weighted by Gasteiger charge is 2.13. The Balaban J connectivity index is 1.74. The van der Waals surface area contributed by atoms with E-state index in [1.165, 1.54) is 7.11 Å². The van der Waals surface area contributed by atoms with E-state index in [4.69, 9.17) is 26.1 Å². The number of methoxy groups -OCH3 is 2. The van der Waals surface area contributed by atoms with Crippen molar-refractivity contribution in [2.45, 2.75) is 6.61 Å². The molecule has 2 aromatic carbocycles. The van der Waals surface area contributed by atoms with Gasteiger partial charge in [0.2, 0.25) is 0 Å². The molecule has 0 atom stereocenters. The largest absolute Gasteiger partial charge is 0.497 e. The average Bonchev–Trinajstić information content (AvgIpc) is 3.23. The first-order valence-electron chi connectivity index (χ1n) is 8.68. The molecule has 0 aliphatic carbocycles. The third-order valence-electron chi connectivity index (χ3n) is 4.13. The molecule has 7 nitrogen and oxygen atoms in total. The Kier molecular flexibility index (Phi) is 6.48. The lowest BCUT2D eigenvalue weighted by Crippen LogP contribution is -2.34. The van der Waals surface area contributed by atoms with Crippen LogP contribution in [0.1, 0.15) is 16.1 Å². The third kappa shape index (κ3) is 4.92. The Bertz CT molecular complexity index is 1010. The van der Waals surface area contributed by atoms with Crippen LogP contribution in [0.2, 0.25) is 0 Å². The molecular formula is C21H20N2O5S. The summed E-state index contributed by atoms with van der Waals surface area (Å²) < 4.78 is 16.0. The van der Waals surface area contributed by atoms with Crippen molar-refractivity contribution >= 4 is 28.9 Å². The van der Waals surface area contributed by atoms with Gasteiger partial charge in [-0.05, 0) is 66.8 Å². The van der Waals surface area contributed by atoms with Gasteiger partial charge in [-0.1, -0.05) is 0 Å². The smallest absolute Gasteiger partial charge is 0.257 e. The molecule has 3 N–H and O–H groups in total. The SMILES string of the molecule is COc1ccc(C(=O)NC(=S)Nc2cc(-c3ccc(CO)o3)ccc2OC)cc1. The number of furan rings is 1. The van der Waals surface area contributed by atoms with E-state index in [0.717, 1.165) is 5.56 Å². The van der Waals surface area contributed by atoms with E-state index >= 15 is 0 Å². The van der Waals surface area contributed by atoms with Crippen molar-refractivity contribution in [2.24, 2.45) is 0 Å². The molecule has 0 saturated carbocycles. The van der Waals surface area contributed by atoms with Gasteiger partial charge < -0.3 is 24.3 Å². The number of thiocarbonyl (C=S) groups is 1. The Morgan fingerprint density at radius 1 is 1.07 bits per heavy atom. The van der Waals surface area contributed by atoms with Crippen molar-refractivity contribution in [1.82, 2.24) is 5.32 Å². The molecule has 0 aliphatic rings. The molecule has 0 fully saturated rings. The second-order valence-corrected chi connectivity index (χ2v) is 6.38. The number of hydrogen-bond donors (Lipinski definition) is 3.